The lowest BCUT2D eigenvalue weighted by atomic mass is 10.2. The predicted molar refractivity (Wildman–Crippen MR) is 46.9 cm³/mol. The van der Waals surface area contributed by atoms with Crippen LogP contribution in [0.3, 0.4) is 0 Å². The molecule has 0 saturated carbocycles. The molecule has 1 N–H and O–H groups in total. The van der Waals surface area contributed by atoms with Crippen molar-refractivity contribution >= 4 is 10.1 Å². The van der Waals surface area contributed by atoms with Gasteiger partial charge in [-0.1, -0.05) is 29.8 Å². The van der Waals surface area contributed by atoms with Gasteiger partial charge in [-0.15, -0.1) is 3.89 Å². The largest absolute Gasteiger partial charge is 0.226 e. The van der Waals surface area contributed by atoms with Crippen LogP contribution in [0.1, 0.15) is 11.1 Å². The van der Waals surface area contributed by atoms with Crippen LogP contribution in [0.4, 0.5) is 3.89 Å². The maximum absolute atomic E-state index is 12.4. The van der Waals surface area contributed by atoms with Crippen molar-refractivity contribution in [3.8, 4) is 0 Å². The second-order valence-electron chi connectivity index (χ2n) is 2.72. The van der Waals surface area contributed by atoms with E-state index in [9.17, 15) is 8.09 Å². The van der Waals surface area contributed by atoms with E-state index in [0.717, 1.165) is 5.56 Å². The summed E-state index contributed by atoms with van der Waals surface area (Å²) in [5.74, 6) is -0.312. The van der Waals surface area contributed by atoms with Crippen LogP contribution in [0.5, 0.6) is 0 Å². The quantitative estimate of drug-likeness (QED) is 0.710. The Morgan fingerprint density at radius 3 is 2.33 bits per heavy atom. The number of hydrogen-bond donors (Lipinski definition) is 1. The maximum atomic E-state index is 12.4. The Morgan fingerprint density at radius 2 is 1.92 bits per heavy atom. The molecule has 1 rings (SSSR count). The van der Waals surface area contributed by atoms with Crippen molar-refractivity contribution in [3.05, 3.63) is 35.4 Å². The second kappa shape index (κ2) is 3.23. The number of hydrogen-bond acceptors (Lipinski definition) is 2. The Kier molecular flexibility index (Phi) is 2.47. The van der Waals surface area contributed by atoms with E-state index in [-0.39, 0.29) is 5.75 Å². The van der Waals surface area contributed by atoms with Crippen molar-refractivity contribution in [1.82, 2.24) is 0 Å². The van der Waals surface area contributed by atoms with Gasteiger partial charge in [0.25, 0.3) is 0 Å². The van der Waals surface area contributed by atoms with Crippen molar-refractivity contribution in [3.63, 3.8) is 0 Å². The van der Waals surface area contributed by atoms with Crippen LogP contribution in [0, 0.1) is 11.7 Å². The second-order valence-corrected chi connectivity index (χ2v) is 4.20. The monoisotopic (exact) mass is 187 g/mol. The molecule has 0 heterocycles. The van der Waals surface area contributed by atoms with Crippen molar-refractivity contribution in [2.45, 2.75) is 12.7 Å². The third-order valence-corrected chi connectivity index (χ3v) is 2.18. The Hall–Kier alpha value is -0.900. The summed E-state index contributed by atoms with van der Waals surface area (Å²) in [4.78, 5) is 0. The smallest absolute Gasteiger partial charge is 0.203 e. The van der Waals surface area contributed by atoms with Crippen LogP contribution in [-0.4, -0.2) is 4.21 Å². The topological polar surface area (TPSA) is 40.9 Å². The van der Waals surface area contributed by atoms with E-state index in [1.165, 1.54) is 0 Å². The molecule has 1 atom stereocenters. The molecule has 0 radical (unpaired) electrons. The SMILES string of the molecule is Cc1ccc(CS(=N)(=O)F)cc1. The van der Waals surface area contributed by atoms with Gasteiger partial charge in [0, 0.05) is 0 Å². The normalized spacial score (nSPS) is 15.5. The molecule has 2 nitrogen and oxygen atoms in total. The average Bonchev–Trinajstić information content (AvgIpc) is 1.91. The molecule has 12 heavy (non-hydrogen) atoms. The fourth-order valence-corrected chi connectivity index (χ4v) is 1.52. The molecule has 1 unspecified atom stereocenters. The summed E-state index contributed by atoms with van der Waals surface area (Å²) in [5, 5.41) is 0. The highest BCUT2D eigenvalue weighted by Crippen LogP contribution is 2.08. The van der Waals surface area contributed by atoms with E-state index in [1.54, 1.807) is 24.3 Å². The molecule has 0 aromatic heterocycles. The zero-order valence-corrected chi connectivity index (χ0v) is 7.53. The lowest BCUT2D eigenvalue weighted by Crippen LogP contribution is -1.93. The molecule has 4 heteroatoms. The molecule has 1 aromatic carbocycles. The van der Waals surface area contributed by atoms with Crippen molar-refractivity contribution in [1.29, 1.82) is 4.78 Å². The number of halogens is 1. The maximum Gasteiger partial charge on any atom is 0.203 e. The molecule has 0 aliphatic carbocycles. The van der Waals surface area contributed by atoms with Gasteiger partial charge < -0.3 is 0 Å². The van der Waals surface area contributed by atoms with Gasteiger partial charge in [-0.2, -0.15) is 0 Å². The zero-order chi connectivity index (χ0) is 9.19. The van der Waals surface area contributed by atoms with Gasteiger partial charge >= 0.3 is 0 Å². The number of nitrogens with one attached hydrogen (secondary N) is 1. The van der Waals surface area contributed by atoms with Gasteiger partial charge in [0.05, 0.1) is 5.75 Å². The Bertz CT molecular complexity index is 355. The first kappa shape index (κ1) is 9.19. The molecule has 0 spiro atoms. The first-order chi connectivity index (χ1) is 5.47. The standard InChI is InChI=1S/C8H10FNOS/c1-7-2-4-8(5-3-7)6-12(9,10)11/h2-5,10H,6H2,1H3. The van der Waals surface area contributed by atoms with Crippen LogP contribution in [0.15, 0.2) is 24.3 Å². The Labute approximate surface area is 71.7 Å². The summed E-state index contributed by atoms with van der Waals surface area (Å²) in [6, 6.07) is 6.98. The molecule has 1 aromatic rings. The van der Waals surface area contributed by atoms with E-state index >= 15 is 0 Å². The summed E-state index contributed by atoms with van der Waals surface area (Å²) >= 11 is 0. The lowest BCUT2D eigenvalue weighted by Gasteiger charge is -1.98. The summed E-state index contributed by atoms with van der Waals surface area (Å²) in [5.41, 5.74) is 1.66. The fourth-order valence-electron chi connectivity index (χ4n) is 0.899. The summed E-state index contributed by atoms with van der Waals surface area (Å²) in [7, 11) is -3.89. The van der Waals surface area contributed by atoms with Crippen LogP contribution in [0.25, 0.3) is 0 Å². The highest BCUT2D eigenvalue weighted by molar-refractivity contribution is 7.86. The van der Waals surface area contributed by atoms with Crippen LogP contribution >= 0.6 is 0 Å². The minimum absolute atomic E-state index is 0.312. The molecule has 0 fully saturated rings. The summed E-state index contributed by atoms with van der Waals surface area (Å²) in [6.07, 6.45) is 0. The van der Waals surface area contributed by atoms with Gasteiger partial charge in [-0.3, -0.25) is 0 Å². The van der Waals surface area contributed by atoms with Gasteiger partial charge in [-0.25, -0.2) is 8.99 Å². The van der Waals surface area contributed by atoms with Gasteiger partial charge in [0.15, 0.2) is 0 Å². The van der Waals surface area contributed by atoms with Gasteiger partial charge in [-0.05, 0) is 12.5 Å². The van der Waals surface area contributed by atoms with Crippen LogP contribution < -0.4 is 0 Å². The van der Waals surface area contributed by atoms with Gasteiger partial charge in [0.1, 0.15) is 0 Å². The first-order valence-electron chi connectivity index (χ1n) is 3.49. The van der Waals surface area contributed by atoms with Crippen molar-refractivity contribution < 1.29 is 8.09 Å². The fraction of sp³-hybridized carbons (Fsp3) is 0.250. The number of rotatable bonds is 2. The van der Waals surface area contributed by atoms with E-state index in [0.29, 0.717) is 5.56 Å². The minimum atomic E-state index is -3.89. The number of benzene rings is 1. The Morgan fingerprint density at radius 1 is 1.42 bits per heavy atom. The first-order valence-corrected chi connectivity index (χ1v) is 5.12. The minimum Gasteiger partial charge on any atom is -0.226 e. The van der Waals surface area contributed by atoms with E-state index in [4.69, 9.17) is 4.78 Å². The third kappa shape index (κ3) is 3.00. The van der Waals surface area contributed by atoms with Crippen LogP contribution in [-0.2, 0) is 15.9 Å². The molecule has 0 bridgehead atoms. The van der Waals surface area contributed by atoms with E-state index in [1.807, 2.05) is 6.92 Å². The third-order valence-electron chi connectivity index (χ3n) is 1.47. The van der Waals surface area contributed by atoms with Crippen LogP contribution in [0.2, 0.25) is 0 Å². The average molecular weight is 187 g/mol. The lowest BCUT2D eigenvalue weighted by molar-refractivity contribution is 0.635. The molecule has 0 saturated heterocycles. The highest BCUT2D eigenvalue weighted by atomic mass is 32.3. The van der Waals surface area contributed by atoms with Crippen molar-refractivity contribution in [2.24, 2.45) is 0 Å². The Balaban J connectivity index is 2.85. The summed E-state index contributed by atoms with van der Waals surface area (Å²) in [6.45, 7) is 1.91. The summed E-state index contributed by atoms with van der Waals surface area (Å²) < 4.78 is 29.4. The van der Waals surface area contributed by atoms with Crippen molar-refractivity contribution in [2.75, 3.05) is 0 Å². The molecule has 0 aliphatic rings. The zero-order valence-electron chi connectivity index (χ0n) is 6.71. The van der Waals surface area contributed by atoms with E-state index in [2.05, 4.69) is 0 Å². The molecule has 66 valence electrons. The molecular formula is C8H10FNOS. The molecule has 0 amide bonds. The highest BCUT2D eigenvalue weighted by Gasteiger charge is 2.03. The number of aryl methyl sites for hydroxylation is 1. The van der Waals surface area contributed by atoms with E-state index < -0.39 is 10.1 Å². The molecular weight excluding hydrogens is 177 g/mol. The van der Waals surface area contributed by atoms with Gasteiger partial charge in [0.2, 0.25) is 10.1 Å². The molecule has 0 aliphatic heterocycles. The predicted octanol–water partition coefficient (Wildman–Crippen LogP) is 2.43.